The largest absolute Gasteiger partial charge is 0.390 e. The van der Waals surface area contributed by atoms with Gasteiger partial charge in [0.15, 0.2) is 0 Å². The van der Waals surface area contributed by atoms with Crippen molar-refractivity contribution in [1.82, 2.24) is 0 Å². The summed E-state index contributed by atoms with van der Waals surface area (Å²) < 4.78 is 77.5. The zero-order valence-corrected chi connectivity index (χ0v) is 40.9. The Morgan fingerprint density at radius 2 is 1.27 bits per heavy atom. The minimum atomic E-state index is -0.776. The molecule has 11 aliphatic rings. The smallest absolute Gasteiger partial charge is 0.118 e. The molecule has 24 atom stereocenters. The lowest BCUT2D eigenvalue weighted by Gasteiger charge is -2.61. The minimum Gasteiger partial charge on any atom is -0.390 e. The Morgan fingerprint density at radius 3 is 2.08 bits per heavy atom. The first kappa shape index (κ1) is 45.9. The van der Waals surface area contributed by atoms with Crippen molar-refractivity contribution in [3.05, 3.63) is 0 Å². The number of hydrogen-bond donors (Lipinski definition) is 1. The Hall–Kier alpha value is -0.480. The summed E-state index contributed by atoms with van der Waals surface area (Å²) in [7, 11) is 0. The van der Waals surface area contributed by atoms with Crippen LogP contribution in [0.3, 0.4) is 0 Å². The maximum absolute atomic E-state index is 11.6. The molecule has 0 aromatic heterocycles. The molecule has 11 aliphatic heterocycles. The van der Waals surface area contributed by atoms with Crippen LogP contribution in [0.4, 0.5) is 0 Å². The minimum absolute atomic E-state index is 0.000916. The zero-order valence-electron chi connectivity index (χ0n) is 40.9. The summed E-state index contributed by atoms with van der Waals surface area (Å²) >= 11 is 0. The molecule has 0 spiro atoms. The molecular weight excluding hydrogens is 817 g/mol. The highest BCUT2D eigenvalue weighted by molar-refractivity contribution is 5.13. The van der Waals surface area contributed by atoms with Crippen LogP contribution in [0.5, 0.6) is 0 Å². The maximum atomic E-state index is 11.6. The van der Waals surface area contributed by atoms with E-state index in [4.69, 9.17) is 52.1 Å². The molecule has 0 aromatic rings. The number of hydrogen-bond acceptors (Lipinski definition) is 12. The normalized spacial score (nSPS) is 58.5. The third-order valence-electron chi connectivity index (χ3n) is 19.7. The van der Waals surface area contributed by atoms with Crippen LogP contribution in [0.15, 0.2) is 0 Å². The van der Waals surface area contributed by atoms with E-state index in [9.17, 15) is 5.11 Å². The van der Waals surface area contributed by atoms with Gasteiger partial charge in [-0.1, -0.05) is 41.0 Å². The van der Waals surface area contributed by atoms with Gasteiger partial charge < -0.3 is 57.2 Å². The molecule has 11 saturated heterocycles. The molecule has 0 amide bonds. The molecular formula is C52H84O12. The SMILES string of the molecule is CCC(C)(C)C[C@@H]1C[C@H](O)[C@]2(C)OC3CC4OC5C[C@]6(C)O[C@]7(C)CCC8OC9C[C@]%10(C)OC%11C(C)CCO[C@H]%11C[C@H]%10O[C@H]9C[C@@H](C)[C@H]8O[C@H]7C[C@H]6O[C@@]5(C)CCC[C@H]4O[C@H]3C[C@H]2O1. The van der Waals surface area contributed by atoms with Crippen molar-refractivity contribution in [2.45, 2.75) is 304 Å². The first-order valence-electron chi connectivity index (χ1n) is 26.2. The fraction of sp³-hybridized carbons (Fsp3) is 1.00. The van der Waals surface area contributed by atoms with Crippen molar-refractivity contribution in [1.29, 1.82) is 0 Å². The molecule has 7 unspecified atom stereocenters. The topological polar surface area (TPSA) is 122 Å². The summed E-state index contributed by atoms with van der Waals surface area (Å²) in [6, 6.07) is 0. The standard InChI is InChI=1S/C52H84O12/c1-11-47(4,5)25-30-20-39(53)52(10)43(55-30)22-35-36(61-52)21-34-31(56-35)13-12-16-48(6)44(59-34)27-51(9)42(62-48)24-41-49(7,64-51)17-14-32-45(60-41)29(3)19-33-38(57-32)26-50(8)40(58-33)23-37-46(63-50)28(2)15-18-54-37/h28-46,53H,11-27H2,1-10H3/t28?,29-,30+,31-,32?,33+,34?,35+,36?,37+,38?,39+,40-,41+,42-,43-,44?,45-,46?,48+,49-,50+,51+,52+/m1/s1. The second-order valence-corrected chi connectivity index (χ2v) is 25.1. The Morgan fingerprint density at radius 1 is 0.531 bits per heavy atom. The van der Waals surface area contributed by atoms with Crippen LogP contribution >= 0.6 is 0 Å². The van der Waals surface area contributed by atoms with Gasteiger partial charge in [0.25, 0.3) is 0 Å². The lowest BCUT2D eigenvalue weighted by Crippen LogP contribution is -2.70. The van der Waals surface area contributed by atoms with Gasteiger partial charge in [-0.25, -0.2) is 0 Å². The van der Waals surface area contributed by atoms with Crippen molar-refractivity contribution in [3.8, 4) is 0 Å². The number of ether oxygens (including phenoxy) is 11. The molecule has 12 heteroatoms. The van der Waals surface area contributed by atoms with Crippen LogP contribution < -0.4 is 0 Å². The average molecular weight is 901 g/mol. The van der Waals surface area contributed by atoms with Crippen LogP contribution in [-0.4, -0.2) is 143 Å². The highest BCUT2D eigenvalue weighted by atomic mass is 16.6. The van der Waals surface area contributed by atoms with E-state index in [1.54, 1.807) is 0 Å². The van der Waals surface area contributed by atoms with E-state index in [-0.39, 0.29) is 109 Å². The molecule has 0 radical (unpaired) electrons. The van der Waals surface area contributed by atoms with Gasteiger partial charge in [0, 0.05) is 51.6 Å². The first-order valence-corrected chi connectivity index (χ1v) is 26.2. The monoisotopic (exact) mass is 901 g/mol. The highest BCUT2D eigenvalue weighted by Crippen LogP contribution is 2.55. The summed E-state index contributed by atoms with van der Waals surface area (Å²) in [6.07, 6.45) is 12.1. The van der Waals surface area contributed by atoms with Crippen LogP contribution in [0.25, 0.3) is 0 Å². The summed E-state index contributed by atoms with van der Waals surface area (Å²) in [5.74, 6) is 0.732. The zero-order chi connectivity index (χ0) is 44.8. The third kappa shape index (κ3) is 7.84. The Labute approximate surface area is 383 Å². The van der Waals surface area contributed by atoms with Gasteiger partial charge >= 0.3 is 0 Å². The van der Waals surface area contributed by atoms with Gasteiger partial charge in [-0.05, 0) is 103 Å². The van der Waals surface area contributed by atoms with E-state index in [1.165, 1.54) is 0 Å². The first-order chi connectivity index (χ1) is 30.3. The quantitative estimate of drug-likeness (QED) is 0.296. The van der Waals surface area contributed by atoms with Gasteiger partial charge in [-0.15, -0.1) is 0 Å². The highest BCUT2D eigenvalue weighted by Gasteiger charge is 2.64. The molecule has 11 fully saturated rings. The molecule has 64 heavy (non-hydrogen) atoms. The number of fused-ring (bicyclic) bond motifs is 10. The van der Waals surface area contributed by atoms with Crippen molar-refractivity contribution in [3.63, 3.8) is 0 Å². The van der Waals surface area contributed by atoms with E-state index in [0.29, 0.717) is 12.3 Å². The molecule has 0 bridgehead atoms. The van der Waals surface area contributed by atoms with Gasteiger partial charge in [0.2, 0.25) is 0 Å². The average Bonchev–Trinajstić information content (AvgIpc) is 3.43. The van der Waals surface area contributed by atoms with Crippen LogP contribution in [0.2, 0.25) is 0 Å². The van der Waals surface area contributed by atoms with Gasteiger partial charge in [-0.3, -0.25) is 0 Å². The lowest BCUT2D eigenvalue weighted by molar-refractivity contribution is -0.362. The molecule has 1 N–H and O–H groups in total. The predicted molar refractivity (Wildman–Crippen MR) is 237 cm³/mol. The van der Waals surface area contributed by atoms with E-state index >= 15 is 0 Å². The van der Waals surface area contributed by atoms with E-state index in [1.807, 2.05) is 0 Å². The number of aliphatic hydroxyl groups excluding tert-OH is 1. The van der Waals surface area contributed by atoms with Gasteiger partial charge in [0.05, 0.1) is 126 Å². The summed E-state index contributed by atoms with van der Waals surface area (Å²) in [6.45, 7) is 23.4. The molecule has 0 saturated carbocycles. The number of rotatable bonds is 3. The number of aliphatic hydroxyl groups is 1. The van der Waals surface area contributed by atoms with Crippen LogP contribution in [0.1, 0.15) is 172 Å². The summed E-state index contributed by atoms with van der Waals surface area (Å²) in [4.78, 5) is 0. The van der Waals surface area contributed by atoms with Crippen LogP contribution in [0, 0.1) is 17.3 Å². The second kappa shape index (κ2) is 16.3. The van der Waals surface area contributed by atoms with E-state index in [0.717, 1.165) is 103 Å². The molecule has 11 rings (SSSR count). The van der Waals surface area contributed by atoms with Gasteiger partial charge in [-0.2, -0.15) is 0 Å². The Kier molecular flexibility index (Phi) is 11.7. The van der Waals surface area contributed by atoms with E-state index < -0.39 is 34.1 Å². The maximum Gasteiger partial charge on any atom is 0.118 e. The fourth-order valence-electron chi connectivity index (χ4n) is 15.1. The Bertz CT molecular complexity index is 1710. The van der Waals surface area contributed by atoms with Crippen molar-refractivity contribution >= 4 is 0 Å². The molecule has 0 aliphatic carbocycles. The predicted octanol–water partition coefficient (Wildman–Crippen LogP) is 7.93. The molecule has 11 heterocycles. The molecule has 0 aromatic carbocycles. The lowest BCUT2D eigenvalue weighted by atomic mass is 9.72. The van der Waals surface area contributed by atoms with E-state index in [2.05, 4.69) is 69.2 Å². The molecule has 364 valence electrons. The Balaban J connectivity index is 0.766. The van der Waals surface area contributed by atoms with Gasteiger partial charge in [0.1, 0.15) is 5.60 Å². The van der Waals surface area contributed by atoms with Crippen molar-refractivity contribution in [2.75, 3.05) is 6.61 Å². The summed E-state index contributed by atoms with van der Waals surface area (Å²) in [5, 5.41) is 11.6. The fourth-order valence-corrected chi connectivity index (χ4v) is 15.1. The van der Waals surface area contributed by atoms with Crippen LogP contribution in [-0.2, 0) is 52.1 Å². The van der Waals surface area contributed by atoms with Crippen molar-refractivity contribution in [2.24, 2.45) is 17.3 Å². The summed E-state index contributed by atoms with van der Waals surface area (Å²) in [5.41, 5.74) is -2.55. The van der Waals surface area contributed by atoms with Crippen molar-refractivity contribution < 1.29 is 57.2 Å². The molecule has 12 nitrogen and oxygen atoms in total. The third-order valence-corrected chi connectivity index (χ3v) is 19.7. The second-order valence-electron chi connectivity index (χ2n) is 25.1.